The Morgan fingerprint density at radius 3 is 3.00 bits per heavy atom. The van der Waals surface area contributed by atoms with E-state index in [0.717, 1.165) is 12.2 Å². The molecule has 1 aliphatic heterocycles. The van der Waals surface area contributed by atoms with Crippen molar-refractivity contribution < 1.29 is 9.59 Å². The van der Waals surface area contributed by atoms with Crippen molar-refractivity contribution in [2.75, 3.05) is 31.1 Å². The Hall–Kier alpha value is -2.11. The monoisotopic (exact) mass is 302 g/mol. The van der Waals surface area contributed by atoms with Crippen LogP contribution in [0.3, 0.4) is 0 Å². The van der Waals surface area contributed by atoms with Crippen LogP contribution in [0.2, 0.25) is 0 Å². The minimum atomic E-state index is -0.142. The van der Waals surface area contributed by atoms with Crippen LogP contribution in [0.1, 0.15) is 36.7 Å². The Morgan fingerprint density at radius 2 is 2.32 bits per heavy atom. The van der Waals surface area contributed by atoms with Crippen molar-refractivity contribution in [3.8, 4) is 0 Å². The Morgan fingerprint density at radius 1 is 1.50 bits per heavy atom. The number of aromatic nitrogens is 1. The molecule has 6 heteroatoms. The Labute approximate surface area is 130 Å². The van der Waals surface area contributed by atoms with Crippen molar-refractivity contribution in [2.24, 2.45) is 5.41 Å². The van der Waals surface area contributed by atoms with Crippen molar-refractivity contribution in [2.45, 2.75) is 26.2 Å². The van der Waals surface area contributed by atoms with Crippen molar-refractivity contribution in [1.29, 1.82) is 0 Å². The SMILES string of the molecule is CC1(CNC(=O)c2cc(N3CCNC(=O)C3)ccn2)CCC1. The average molecular weight is 302 g/mol. The van der Waals surface area contributed by atoms with Crippen LogP contribution in [0.4, 0.5) is 5.69 Å². The van der Waals surface area contributed by atoms with Crippen LogP contribution in [0.25, 0.3) is 0 Å². The van der Waals surface area contributed by atoms with Crippen LogP contribution < -0.4 is 15.5 Å². The molecule has 22 heavy (non-hydrogen) atoms. The molecule has 0 aromatic carbocycles. The van der Waals surface area contributed by atoms with Gasteiger partial charge in [0.05, 0.1) is 6.54 Å². The number of rotatable bonds is 4. The zero-order chi connectivity index (χ0) is 15.6. The normalized spacial score (nSPS) is 20.0. The number of amides is 2. The molecule has 1 saturated carbocycles. The maximum absolute atomic E-state index is 12.3. The van der Waals surface area contributed by atoms with Gasteiger partial charge in [-0.3, -0.25) is 14.6 Å². The van der Waals surface area contributed by atoms with Crippen molar-refractivity contribution in [1.82, 2.24) is 15.6 Å². The van der Waals surface area contributed by atoms with Crippen LogP contribution in [0, 0.1) is 5.41 Å². The maximum atomic E-state index is 12.3. The van der Waals surface area contributed by atoms with E-state index >= 15 is 0 Å². The molecule has 1 aromatic rings. The second kappa shape index (κ2) is 5.94. The third-order valence-electron chi connectivity index (χ3n) is 4.62. The smallest absolute Gasteiger partial charge is 0.269 e. The molecule has 1 saturated heterocycles. The number of nitrogens with one attached hydrogen (secondary N) is 2. The molecule has 3 rings (SSSR count). The minimum Gasteiger partial charge on any atom is -0.360 e. The first kappa shape index (κ1) is 14.8. The minimum absolute atomic E-state index is 0.00646. The van der Waals surface area contributed by atoms with E-state index < -0.39 is 0 Å². The zero-order valence-corrected chi connectivity index (χ0v) is 12.9. The first-order valence-electron chi connectivity index (χ1n) is 7.82. The predicted molar refractivity (Wildman–Crippen MR) is 83.8 cm³/mol. The van der Waals surface area contributed by atoms with E-state index in [-0.39, 0.29) is 17.2 Å². The van der Waals surface area contributed by atoms with Crippen molar-refractivity contribution in [3.05, 3.63) is 24.0 Å². The molecule has 0 atom stereocenters. The molecule has 0 spiro atoms. The van der Waals surface area contributed by atoms with Gasteiger partial charge in [0.2, 0.25) is 5.91 Å². The van der Waals surface area contributed by atoms with Gasteiger partial charge in [0.15, 0.2) is 0 Å². The van der Waals surface area contributed by atoms with Gasteiger partial charge >= 0.3 is 0 Å². The number of carbonyl (C=O) groups excluding carboxylic acids is 2. The van der Waals surface area contributed by atoms with Crippen LogP contribution in [-0.2, 0) is 4.79 Å². The van der Waals surface area contributed by atoms with Gasteiger partial charge in [0, 0.05) is 31.5 Å². The summed E-state index contributed by atoms with van der Waals surface area (Å²) in [5.41, 5.74) is 1.52. The topological polar surface area (TPSA) is 74.3 Å². The lowest BCUT2D eigenvalue weighted by Crippen LogP contribution is -2.47. The van der Waals surface area contributed by atoms with E-state index in [1.165, 1.54) is 19.3 Å². The van der Waals surface area contributed by atoms with E-state index in [2.05, 4.69) is 22.5 Å². The van der Waals surface area contributed by atoms with Gasteiger partial charge in [0.25, 0.3) is 5.91 Å². The number of hydrogen-bond donors (Lipinski definition) is 2. The summed E-state index contributed by atoms with van der Waals surface area (Å²) < 4.78 is 0. The van der Waals surface area contributed by atoms with E-state index in [1.807, 2.05) is 11.0 Å². The zero-order valence-electron chi connectivity index (χ0n) is 12.9. The molecule has 1 aromatic heterocycles. The number of pyridine rings is 1. The average Bonchev–Trinajstić information content (AvgIpc) is 2.51. The largest absolute Gasteiger partial charge is 0.360 e. The summed E-state index contributed by atoms with van der Waals surface area (Å²) in [5.74, 6) is -0.136. The van der Waals surface area contributed by atoms with Gasteiger partial charge in [0.1, 0.15) is 5.69 Å². The fraction of sp³-hybridized carbons (Fsp3) is 0.562. The van der Waals surface area contributed by atoms with E-state index in [0.29, 0.717) is 25.3 Å². The molecule has 0 radical (unpaired) electrons. The summed E-state index contributed by atoms with van der Waals surface area (Å²) in [4.78, 5) is 29.9. The quantitative estimate of drug-likeness (QED) is 0.868. The molecule has 0 bridgehead atoms. The highest BCUT2D eigenvalue weighted by atomic mass is 16.2. The second-order valence-electron chi connectivity index (χ2n) is 6.52. The standard InChI is InChI=1S/C16H22N4O2/c1-16(4-2-5-16)11-19-15(22)13-9-12(3-6-17-13)20-8-7-18-14(21)10-20/h3,6,9H,2,4-5,7-8,10-11H2,1H3,(H,18,21)(H,19,22). The molecule has 2 heterocycles. The van der Waals surface area contributed by atoms with E-state index in [9.17, 15) is 9.59 Å². The Balaban J connectivity index is 1.65. The van der Waals surface area contributed by atoms with Crippen molar-refractivity contribution in [3.63, 3.8) is 0 Å². The number of nitrogens with zero attached hydrogens (tertiary/aromatic N) is 2. The molecule has 2 N–H and O–H groups in total. The van der Waals surface area contributed by atoms with Crippen LogP contribution in [0.5, 0.6) is 0 Å². The number of piperazine rings is 1. The van der Waals surface area contributed by atoms with E-state index in [4.69, 9.17) is 0 Å². The lowest BCUT2D eigenvalue weighted by molar-refractivity contribution is -0.120. The number of hydrogen-bond acceptors (Lipinski definition) is 4. The third-order valence-corrected chi connectivity index (χ3v) is 4.62. The highest BCUT2D eigenvalue weighted by Gasteiger charge is 2.32. The van der Waals surface area contributed by atoms with E-state index in [1.54, 1.807) is 12.3 Å². The molecule has 0 unspecified atom stereocenters. The molecule has 2 fully saturated rings. The first-order chi connectivity index (χ1) is 10.6. The molecule has 1 aliphatic carbocycles. The fourth-order valence-electron chi connectivity index (χ4n) is 2.94. The van der Waals surface area contributed by atoms with Crippen LogP contribution in [-0.4, -0.2) is 43.0 Å². The van der Waals surface area contributed by atoms with Gasteiger partial charge < -0.3 is 15.5 Å². The fourth-order valence-corrected chi connectivity index (χ4v) is 2.94. The summed E-state index contributed by atoms with van der Waals surface area (Å²) >= 11 is 0. The number of anilines is 1. The lowest BCUT2D eigenvalue weighted by Gasteiger charge is -2.38. The highest BCUT2D eigenvalue weighted by molar-refractivity contribution is 5.93. The van der Waals surface area contributed by atoms with Crippen LogP contribution in [0.15, 0.2) is 18.3 Å². The molecule has 6 nitrogen and oxygen atoms in total. The van der Waals surface area contributed by atoms with Gasteiger partial charge in [-0.05, 0) is 30.4 Å². The highest BCUT2D eigenvalue weighted by Crippen LogP contribution is 2.39. The summed E-state index contributed by atoms with van der Waals surface area (Å²) in [6, 6.07) is 3.60. The predicted octanol–water partition coefficient (Wildman–Crippen LogP) is 0.938. The lowest BCUT2D eigenvalue weighted by atomic mass is 9.70. The van der Waals surface area contributed by atoms with Crippen molar-refractivity contribution >= 4 is 17.5 Å². The first-order valence-corrected chi connectivity index (χ1v) is 7.82. The van der Waals surface area contributed by atoms with Gasteiger partial charge in [-0.25, -0.2) is 0 Å². The number of carbonyl (C=O) groups is 2. The van der Waals surface area contributed by atoms with Gasteiger partial charge in [-0.1, -0.05) is 13.3 Å². The molecule has 2 aliphatic rings. The summed E-state index contributed by atoms with van der Waals surface area (Å²) in [7, 11) is 0. The maximum Gasteiger partial charge on any atom is 0.269 e. The van der Waals surface area contributed by atoms with Crippen LogP contribution >= 0.6 is 0 Å². The molecular weight excluding hydrogens is 280 g/mol. The summed E-state index contributed by atoms with van der Waals surface area (Å²) in [6.45, 7) is 4.59. The summed E-state index contributed by atoms with van der Waals surface area (Å²) in [6.07, 6.45) is 5.21. The molecule has 2 amide bonds. The molecular formula is C16H22N4O2. The second-order valence-corrected chi connectivity index (χ2v) is 6.52. The Bertz CT molecular complexity index is 583. The Kier molecular flexibility index (Phi) is 4.00. The summed E-state index contributed by atoms with van der Waals surface area (Å²) in [5, 5.41) is 5.77. The van der Waals surface area contributed by atoms with Gasteiger partial charge in [-0.2, -0.15) is 0 Å². The molecule has 118 valence electrons. The van der Waals surface area contributed by atoms with Gasteiger partial charge in [-0.15, -0.1) is 0 Å². The third kappa shape index (κ3) is 3.21.